The molecule has 0 saturated carbocycles. The Hall–Kier alpha value is -1.09. The molecule has 5 nitrogen and oxygen atoms in total. The van der Waals surface area contributed by atoms with Crippen LogP contribution in [0.25, 0.3) is 0 Å². The molecule has 0 spiro atoms. The van der Waals surface area contributed by atoms with Gasteiger partial charge in [-0.05, 0) is 38.1 Å². The summed E-state index contributed by atoms with van der Waals surface area (Å²) in [5, 5.41) is 6.01. The molecule has 2 heterocycles. The molecule has 1 aromatic rings. The average molecular weight is 404 g/mol. The Balaban J connectivity index is 0.00000288. The summed E-state index contributed by atoms with van der Waals surface area (Å²) in [5.74, 6) is -0.479. The molecule has 25 heavy (non-hydrogen) atoms. The topological polar surface area (TPSA) is 63.2 Å². The molecule has 1 aliphatic rings. The molecule has 0 unspecified atom stereocenters. The molecule has 1 amide bonds. The number of carbonyl (C=O) groups excluding carboxylic acids is 1. The predicted octanol–water partition coefficient (Wildman–Crippen LogP) is 2.69. The lowest BCUT2D eigenvalue weighted by Gasteiger charge is -2.37. The van der Waals surface area contributed by atoms with E-state index in [0.29, 0.717) is 19.3 Å². The number of ether oxygens (including phenoxy) is 1. The fraction of sp³-hybridized carbons (Fsp3) is 0.600. The molecule has 0 aliphatic carbocycles. The lowest BCUT2D eigenvalue weighted by molar-refractivity contribution is -0.137. The number of rotatable bonds is 5. The number of methoxy groups -OCH3 is 1. The molecular weight excluding hydrogens is 382 g/mol. The van der Waals surface area contributed by atoms with Gasteiger partial charge in [0.1, 0.15) is 5.69 Å². The minimum atomic E-state index is -4.46. The van der Waals surface area contributed by atoms with Crippen LogP contribution < -0.4 is 10.6 Å². The Morgan fingerprint density at radius 3 is 2.44 bits per heavy atom. The van der Waals surface area contributed by atoms with E-state index in [1.165, 1.54) is 0 Å². The third-order valence-corrected chi connectivity index (χ3v) is 4.06. The van der Waals surface area contributed by atoms with Crippen molar-refractivity contribution < 1.29 is 22.7 Å². The number of hydrogen-bond donors (Lipinski definition) is 2. The first-order valence-electron chi connectivity index (χ1n) is 7.37. The largest absolute Gasteiger partial charge is 0.417 e. The minimum Gasteiger partial charge on any atom is -0.384 e. The van der Waals surface area contributed by atoms with Crippen molar-refractivity contribution in [2.75, 3.05) is 33.4 Å². The van der Waals surface area contributed by atoms with Crippen molar-refractivity contribution >= 4 is 30.7 Å². The summed E-state index contributed by atoms with van der Waals surface area (Å²) in [6, 6.07) is 1.95. The summed E-state index contributed by atoms with van der Waals surface area (Å²) in [4.78, 5) is 15.7. The van der Waals surface area contributed by atoms with Gasteiger partial charge in [-0.2, -0.15) is 13.2 Å². The minimum absolute atomic E-state index is 0. The molecule has 1 aromatic heterocycles. The van der Waals surface area contributed by atoms with Crippen molar-refractivity contribution in [3.05, 3.63) is 29.6 Å². The zero-order valence-corrected chi connectivity index (χ0v) is 15.3. The molecular formula is C15H22Cl2F3N3O2. The van der Waals surface area contributed by atoms with Gasteiger partial charge in [-0.3, -0.25) is 9.78 Å². The van der Waals surface area contributed by atoms with Crippen LogP contribution >= 0.6 is 24.8 Å². The van der Waals surface area contributed by atoms with Crippen LogP contribution in [0.3, 0.4) is 0 Å². The summed E-state index contributed by atoms with van der Waals surface area (Å²) in [6.45, 7) is 2.62. The predicted molar refractivity (Wildman–Crippen MR) is 92.5 cm³/mol. The number of amides is 1. The zero-order chi connectivity index (χ0) is 16.9. The van der Waals surface area contributed by atoms with Crippen LogP contribution in [0.1, 0.15) is 28.9 Å². The van der Waals surface area contributed by atoms with Crippen molar-refractivity contribution in [2.45, 2.75) is 19.0 Å². The SMILES string of the molecule is COCC1(CNC(=O)c2ccc(C(F)(F)F)cn2)CCNCC1.Cl.Cl. The van der Waals surface area contributed by atoms with E-state index in [4.69, 9.17) is 4.74 Å². The van der Waals surface area contributed by atoms with E-state index in [-0.39, 0.29) is 35.9 Å². The number of pyridine rings is 1. The van der Waals surface area contributed by atoms with Gasteiger partial charge in [-0.25, -0.2) is 0 Å². The smallest absolute Gasteiger partial charge is 0.384 e. The standard InChI is InChI=1S/C15H20F3N3O2.2ClH/c1-23-10-14(4-6-19-7-5-14)9-21-13(22)12-3-2-11(8-20-12)15(16,17)18;;/h2-3,8,19H,4-7,9-10H2,1H3,(H,21,22);2*1H. The second-order valence-electron chi connectivity index (χ2n) is 5.80. The first-order valence-corrected chi connectivity index (χ1v) is 7.37. The summed E-state index contributed by atoms with van der Waals surface area (Å²) < 4.78 is 42.7. The summed E-state index contributed by atoms with van der Waals surface area (Å²) in [7, 11) is 1.61. The van der Waals surface area contributed by atoms with E-state index in [1.807, 2.05) is 0 Å². The van der Waals surface area contributed by atoms with E-state index in [2.05, 4.69) is 15.6 Å². The molecule has 1 saturated heterocycles. The van der Waals surface area contributed by atoms with E-state index >= 15 is 0 Å². The summed E-state index contributed by atoms with van der Waals surface area (Å²) >= 11 is 0. The van der Waals surface area contributed by atoms with Crippen LogP contribution in [0.2, 0.25) is 0 Å². The molecule has 2 N–H and O–H groups in total. The number of aromatic nitrogens is 1. The Morgan fingerprint density at radius 1 is 1.32 bits per heavy atom. The number of piperidine rings is 1. The van der Waals surface area contributed by atoms with Gasteiger partial charge in [-0.1, -0.05) is 0 Å². The zero-order valence-electron chi connectivity index (χ0n) is 13.7. The van der Waals surface area contributed by atoms with E-state index in [1.54, 1.807) is 7.11 Å². The van der Waals surface area contributed by atoms with Gasteiger partial charge in [0.05, 0.1) is 12.2 Å². The molecule has 10 heteroatoms. The van der Waals surface area contributed by atoms with Gasteiger partial charge in [0.25, 0.3) is 5.91 Å². The Kier molecular flexibility index (Phi) is 9.71. The van der Waals surface area contributed by atoms with Gasteiger partial charge < -0.3 is 15.4 Å². The molecule has 0 bridgehead atoms. The van der Waals surface area contributed by atoms with E-state index < -0.39 is 17.6 Å². The monoisotopic (exact) mass is 403 g/mol. The van der Waals surface area contributed by atoms with Crippen LogP contribution in [0, 0.1) is 5.41 Å². The van der Waals surface area contributed by atoms with Crippen molar-refractivity contribution in [3.8, 4) is 0 Å². The number of hydrogen-bond acceptors (Lipinski definition) is 4. The van der Waals surface area contributed by atoms with Gasteiger partial charge in [0.2, 0.25) is 0 Å². The Morgan fingerprint density at radius 2 is 1.96 bits per heavy atom. The Labute approximate surface area is 156 Å². The maximum absolute atomic E-state index is 12.5. The highest BCUT2D eigenvalue weighted by atomic mass is 35.5. The highest BCUT2D eigenvalue weighted by Gasteiger charge is 2.33. The van der Waals surface area contributed by atoms with Crippen molar-refractivity contribution in [1.82, 2.24) is 15.6 Å². The molecule has 0 radical (unpaired) electrons. The highest BCUT2D eigenvalue weighted by Crippen LogP contribution is 2.29. The van der Waals surface area contributed by atoms with Gasteiger partial charge in [0, 0.05) is 25.3 Å². The quantitative estimate of drug-likeness (QED) is 0.793. The maximum atomic E-state index is 12.5. The molecule has 0 atom stereocenters. The Bertz CT molecular complexity index is 530. The fourth-order valence-corrected chi connectivity index (χ4v) is 2.69. The second-order valence-corrected chi connectivity index (χ2v) is 5.80. The van der Waals surface area contributed by atoms with Crippen molar-refractivity contribution in [3.63, 3.8) is 0 Å². The van der Waals surface area contributed by atoms with Crippen molar-refractivity contribution in [2.24, 2.45) is 5.41 Å². The molecule has 1 fully saturated rings. The third kappa shape index (κ3) is 6.62. The van der Waals surface area contributed by atoms with Gasteiger partial charge in [-0.15, -0.1) is 24.8 Å². The number of alkyl halides is 3. The molecule has 2 rings (SSSR count). The van der Waals surface area contributed by atoms with Crippen LogP contribution in [-0.2, 0) is 10.9 Å². The third-order valence-electron chi connectivity index (χ3n) is 4.06. The summed E-state index contributed by atoms with van der Waals surface area (Å²) in [5.41, 5.74) is -1.05. The number of halogens is 5. The first-order chi connectivity index (χ1) is 10.9. The molecule has 1 aliphatic heterocycles. The summed E-state index contributed by atoms with van der Waals surface area (Å²) in [6.07, 6.45) is -2.06. The van der Waals surface area contributed by atoms with Crippen LogP contribution in [0.4, 0.5) is 13.2 Å². The van der Waals surface area contributed by atoms with Crippen LogP contribution in [0.15, 0.2) is 18.3 Å². The average Bonchev–Trinajstić information content (AvgIpc) is 2.53. The lowest BCUT2D eigenvalue weighted by atomic mass is 9.79. The fourth-order valence-electron chi connectivity index (χ4n) is 2.69. The molecule has 0 aromatic carbocycles. The normalized spacial score (nSPS) is 16.3. The number of carbonyl (C=O) groups is 1. The maximum Gasteiger partial charge on any atom is 0.417 e. The molecule has 144 valence electrons. The first kappa shape index (κ1) is 23.9. The van der Waals surface area contributed by atoms with Crippen LogP contribution in [0.5, 0.6) is 0 Å². The van der Waals surface area contributed by atoms with Crippen molar-refractivity contribution in [1.29, 1.82) is 0 Å². The highest BCUT2D eigenvalue weighted by molar-refractivity contribution is 5.92. The number of nitrogens with one attached hydrogen (secondary N) is 2. The van der Waals surface area contributed by atoms with Crippen LogP contribution in [-0.4, -0.2) is 44.2 Å². The van der Waals surface area contributed by atoms with Gasteiger partial charge >= 0.3 is 6.18 Å². The second kappa shape index (κ2) is 10.2. The lowest BCUT2D eigenvalue weighted by Crippen LogP contribution is -2.47. The van der Waals surface area contributed by atoms with E-state index in [0.717, 1.165) is 38.1 Å². The van der Waals surface area contributed by atoms with E-state index in [9.17, 15) is 18.0 Å². The van der Waals surface area contributed by atoms with Gasteiger partial charge in [0.15, 0.2) is 0 Å². The number of nitrogens with zero attached hydrogens (tertiary/aromatic N) is 1.